The zero-order chi connectivity index (χ0) is 13.7. The lowest BCUT2D eigenvalue weighted by Crippen LogP contribution is -2.05. The monoisotopic (exact) mass is 257 g/mol. The lowest BCUT2D eigenvalue weighted by molar-refractivity contribution is 0.281. The van der Waals surface area contributed by atoms with E-state index in [0.717, 1.165) is 29.2 Å². The van der Waals surface area contributed by atoms with E-state index in [4.69, 9.17) is 9.84 Å². The van der Waals surface area contributed by atoms with Crippen molar-refractivity contribution in [1.82, 2.24) is 5.32 Å². The lowest BCUT2D eigenvalue weighted by atomic mass is 10.1. The van der Waals surface area contributed by atoms with Gasteiger partial charge in [-0.1, -0.05) is 24.3 Å². The molecule has 100 valence electrons. The number of hydrogen-bond acceptors (Lipinski definition) is 3. The van der Waals surface area contributed by atoms with Crippen molar-refractivity contribution in [3.05, 3.63) is 59.2 Å². The molecule has 2 aromatic carbocycles. The second-order valence-corrected chi connectivity index (χ2v) is 4.54. The minimum atomic E-state index is 0.0238. The van der Waals surface area contributed by atoms with Crippen molar-refractivity contribution in [3.8, 4) is 11.5 Å². The number of benzene rings is 2. The van der Waals surface area contributed by atoms with Crippen molar-refractivity contribution >= 4 is 0 Å². The number of aliphatic hydroxyl groups is 1. The molecule has 0 amide bonds. The summed E-state index contributed by atoms with van der Waals surface area (Å²) in [4.78, 5) is 0. The van der Waals surface area contributed by atoms with Crippen LogP contribution in [0.3, 0.4) is 0 Å². The van der Waals surface area contributed by atoms with Gasteiger partial charge in [-0.3, -0.25) is 0 Å². The van der Waals surface area contributed by atoms with Crippen LogP contribution in [0.4, 0.5) is 0 Å². The third-order valence-electron chi connectivity index (χ3n) is 2.94. The fraction of sp³-hybridized carbons (Fsp3) is 0.250. The maximum Gasteiger partial charge on any atom is 0.130 e. The summed E-state index contributed by atoms with van der Waals surface area (Å²) < 4.78 is 5.90. The van der Waals surface area contributed by atoms with Crippen LogP contribution >= 0.6 is 0 Å². The second kappa shape index (κ2) is 6.36. The Bertz CT molecular complexity index is 552. The van der Waals surface area contributed by atoms with Gasteiger partial charge in [0, 0.05) is 6.54 Å². The van der Waals surface area contributed by atoms with E-state index in [2.05, 4.69) is 17.4 Å². The molecule has 0 heterocycles. The molecule has 0 bridgehead atoms. The molecule has 0 aliphatic carbocycles. The maximum absolute atomic E-state index is 9.13. The fourth-order valence-electron chi connectivity index (χ4n) is 1.90. The van der Waals surface area contributed by atoms with Crippen molar-refractivity contribution in [2.45, 2.75) is 20.1 Å². The fourth-order valence-corrected chi connectivity index (χ4v) is 1.90. The second-order valence-electron chi connectivity index (χ2n) is 4.54. The molecule has 0 aromatic heterocycles. The predicted molar refractivity (Wildman–Crippen MR) is 76.4 cm³/mol. The molecule has 0 spiro atoms. The van der Waals surface area contributed by atoms with Gasteiger partial charge in [0.1, 0.15) is 11.5 Å². The first kappa shape index (κ1) is 13.6. The van der Waals surface area contributed by atoms with Crippen LogP contribution in [0, 0.1) is 6.92 Å². The topological polar surface area (TPSA) is 41.5 Å². The van der Waals surface area contributed by atoms with Gasteiger partial charge in [0.15, 0.2) is 0 Å². The van der Waals surface area contributed by atoms with Crippen LogP contribution in [0.5, 0.6) is 11.5 Å². The van der Waals surface area contributed by atoms with Gasteiger partial charge < -0.3 is 15.2 Å². The van der Waals surface area contributed by atoms with Crippen molar-refractivity contribution in [1.29, 1.82) is 0 Å². The van der Waals surface area contributed by atoms with Gasteiger partial charge in [-0.2, -0.15) is 0 Å². The zero-order valence-electron chi connectivity index (χ0n) is 11.3. The predicted octanol–water partition coefficient (Wildman–Crippen LogP) is 3.00. The molecule has 0 aliphatic heterocycles. The molecule has 2 N–H and O–H groups in total. The van der Waals surface area contributed by atoms with Gasteiger partial charge in [-0.05, 0) is 48.9 Å². The maximum atomic E-state index is 9.13. The summed E-state index contributed by atoms with van der Waals surface area (Å²) >= 11 is 0. The molecule has 3 nitrogen and oxygen atoms in total. The lowest BCUT2D eigenvalue weighted by Gasteiger charge is -2.11. The quantitative estimate of drug-likeness (QED) is 0.865. The molecule has 2 aromatic rings. The number of ether oxygens (including phenoxy) is 1. The Balaban J connectivity index is 2.23. The van der Waals surface area contributed by atoms with Gasteiger partial charge in [0.05, 0.1) is 6.61 Å². The summed E-state index contributed by atoms with van der Waals surface area (Å²) in [5.41, 5.74) is 3.12. The third kappa shape index (κ3) is 3.56. The Hall–Kier alpha value is -1.84. The number of aryl methyl sites for hydroxylation is 1. The highest BCUT2D eigenvalue weighted by Crippen LogP contribution is 2.26. The number of nitrogens with one attached hydrogen (secondary N) is 1. The molecule has 0 fully saturated rings. The largest absolute Gasteiger partial charge is 0.457 e. The first-order chi connectivity index (χ1) is 9.22. The molecule has 0 radical (unpaired) electrons. The first-order valence-electron chi connectivity index (χ1n) is 6.34. The average Bonchev–Trinajstić information content (AvgIpc) is 2.43. The Morgan fingerprint density at radius 3 is 2.68 bits per heavy atom. The molecule has 3 heteroatoms. The molecular weight excluding hydrogens is 238 g/mol. The molecular formula is C16H19NO2. The summed E-state index contributed by atoms with van der Waals surface area (Å²) in [6.45, 7) is 2.86. The molecule has 0 atom stereocenters. The normalized spacial score (nSPS) is 10.5. The van der Waals surface area contributed by atoms with Crippen molar-refractivity contribution < 1.29 is 9.84 Å². The van der Waals surface area contributed by atoms with E-state index in [9.17, 15) is 0 Å². The van der Waals surface area contributed by atoms with Gasteiger partial charge in [0.25, 0.3) is 0 Å². The number of rotatable bonds is 5. The first-order valence-corrected chi connectivity index (χ1v) is 6.34. The average molecular weight is 257 g/mol. The van der Waals surface area contributed by atoms with Crippen molar-refractivity contribution in [2.24, 2.45) is 0 Å². The van der Waals surface area contributed by atoms with Crippen LogP contribution in [-0.4, -0.2) is 12.2 Å². The van der Waals surface area contributed by atoms with Crippen molar-refractivity contribution in [3.63, 3.8) is 0 Å². The van der Waals surface area contributed by atoms with E-state index >= 15 is 0 Å². The Kier molecular flexibility index (Phi) is 4.55. The highest BCUT2D eigenvalue weighted by atomic mass is 16.5. The standard InChI is InChI=1S/C16H19NO2/c1-12-6-7-13(10-17-2)9-16(12)19-15-5-3-4-14(8-15)11-18/h3-9,17-18H,10-11H2,1-2H3. The van der Waals surface area contributed by atoms with Crippen molar-refractivity contribution in [2.75, 3.05) is 7.05 Å². The van der Waals surface area contributed by atoms with E-state index in [1.165, 1.54) is 5.56 Å². The Labute approximate surface area is 113 Å². The smallest absolute Gasteiger partial charge is 0.130 e. The summed E-state index contributed by atoms with van der Waals surface area (Å²) in [6, 6.07) is 13.7. The van der Waals surface area contributed by atoms with Gasteiger partial charge in [-0.15, -0.1) is 0 Å². The van der Waals surface area contributed by atoms with Crippen LogP contribution in [0.25, 0.3) is 0 Å². The summed E-state index contributed by atoms with van der Waals surface area (Å²) in [5.74, 6) is 1.60. The number of hydrogen-bond donors (Lipinski definition) is 2. The van der Waals surface area contributed by atoms with Crippen LogP contribution in [-0.2, 0) is 13.2 Å². The van der Waals surface area contributed by atoms with Crippen LogP contribution in [0.2, 0.25) is 0 Å². The molecule has 0 saturated heterocycles. The van der Waals surface area contributed by atoms with E-state index in [1.54, 1.807) is 0 Å². The highest BCUT2D eigenvalue weighted by Gasteiger charge is 2.04. The zero-order valence-corrected chi connectivity index (χ0v) is 11.3. The molecule has 0 unspecified atom stereocenters. The Morgan fingerprint density at radius 1 is 1.11 bits per heavy atom. The molecule has 19 heavy (non-hydrogen) atoms. The summed E-state index contributed by atoms with van der Waals surface area (Å²) in [7, 11) is 1.92. The highest BCUT2D eigenvalue weighted by molar-refractivity contribution is 5.40. The van der Waals surface area contributed by atoms with Crippen LogP contribution in [0.1, 0.15) is 16.7 Å². The molecule has 0 saturated carbocycles. The van der Waals surface area contributed by atoms with E-state index in [1.807, 2.05) is 44.3 Å². The number of aliphatic hydroxyl groups excluding tert-OH is 1. The van der Waals surface area contributed by atoms with Gasteiger partial charge in [0.2, 0.25) is 0 Å². The van der Waals surface area contributed by atoms with E-state index in [-0.39, 0.29) is 6.61 Å². The van der Waals surface area contributed by atoms with Crippen LogP contribution in [0.15, 0.2) is 42.5 Å². The summed E-state index contributed by atoms with van der Waals surface area (Å²) in [5, 5.41) is 12.3. The van der Waals surface area contributed by atoms with Gasteiger partial charge >= 0.3 is 0 Å². The van der Waals surface area contributed by atoms with E-state index in [0.29, 0.717) is 0 Å². The minimum Gasteiger partial charge on any atom is -0.457 e. The molecule has 0 aliphatic rings. The SMILES string of the molecule is CNCc1ccc(C)c(Oc2cccc(CO)c2)c1. The Morgan fingerprint density at radius 2 is 1.95 bits per heavy atom. The van der Waals surface area contributed by atoms with E-state index < -0.39 is 0 Å². The molecule has 2 rings (SSSR count). The minimum absolute atomic E-state index is 0.0238. The van der Waals surface area contributed by atoms with Crippen LogP contribution < -0.4 is 10.1 Å². The summed E-state index contributed by atoms with van der Waals surface area (Å²) in [6.07, 6.45) is 0. The van der Waals surface area contributed by atoms with Gasteiger partial charge in [-0.25, -0.2) is 0 Å². The third-order valence-corrected chi connectivity index (χ3v) is 2.94.